The summed E-state index contributed by atoms with van der Waals surface area (Å²) in [6, 6.07) is 12.8. The van der Waals surface area contributed by atoms with E-state index in [1.807, 2.05) is 45.0 Å². The molecule has 2 amide bonds. The summed E-state index contributed by atoms with van der Waals surface area (Å²) in [6.45, 7) is 5.86. The molecule has 0 radical (unpaired) electrons. The third kappa shape index (κ3) is 4.50. The second kappa shape index (κ2) is 9.32. The van der Waals surface area contributed by atoms with Crippen LogP contribution in [0.2, 0.25) is 10.0 Å². The minimum absolute atomic E-state index is 0.133. The Morgan fingerprint density at radius 1 is 1.07 bits per heavy atom. The monoisotopic (exact) mass is 444 g/mol. The predicted molar refractivity (Wildman–Crippen MR) is 120 cm³/mol. The van der Waals surface area contributed by atoms with Crippen molar-refractivity contribution in [2.24, 2.45) is 0 Å². The van der Waals surface area contributed by atoms with Gasteiger partial charge in [-0.2, -0.15) is 5.10 Å². The van der Waals surface area contributed by atoms with Gasteiger partial charge in [0.05, 0.1) is 38.9 Å². The van der Waals surface area contributed by atoms with Gasteiger partial charge in [0.1, 0.15) is 6.54 Å². The molecular weight excluding hydrogens is 423 g/mol. The van der Waals surface area contributed by atoms with Crippen molar-refractivity contribution in [1.29, 1.82) is 0 Å². The third-order valence-corrected chi connectivity index (χ3v) is 5.44. The summed E-state index contributed by atoms with van der Waals surface area (Å²) in [5.74, 6) is -0.653. The molecule has 0 atom stereocenters. The van der Waals surface area contributed by atoms with E-state index in [-0.39, 0.29) is 18.4 Å². The van der Waals surface area contributed by atoms with Gasteiger partial charge in [0.2, 0.25) is 5.91 Å². The summed E-state index contributed by atoms with van der Waals surface area (Å²) < 4.78 is 1.74. The number of aromatic nitrogens is 2. The molecule has 0 unspecified atom stereocenters. The van der Waals surface area contributed by atoms with Crippen molar-refractivity contribution in [1.82, 2.24) is 14.7 Å². The lowest BCUT2D eigenvalue weighted by molar-refractivity contribution is -0.116. The van der Waals surface area contributed by atoms with E-state index in [4.69, 9.17) is 23.2 Å². The van der Waals surface area contributed by atoms with Gasteiger partial charge in [0.25, 0.3) is 5.91 Å². The predicted octanol–water partition coefficient (Wildman–Crippen LogP) is 4.90. The number of carbonyl (C=O) groups excluding carboxylic acids is 2. The number of likely N-dealkylation sites (N-methyl/N-ethyl adjacent to an activating group) is 1. The van der Waals surface area contributed by atoms with E-state index in [1.165, 1.54) is 11.1 Å². The quantitative estimate of drug-likeness (QED) is 0.587. The van der Waals surface area contributed by atoms with Crippen LogP contribution in [-0.4, -0.2) is 39.6 Å². The van der Waals surface area contributed by atoms with Crippen LogP contribution in [0.15, 0.2) is 48.7 Å². The van der Waals surface area contributed by atoms with Gasteiger partial charge in [-0.1, -0.05) is 47.5 Å². The highest BCUT2D eigenvalue weighted by Crippen LogP contribution is 2.29. The number of nitrogens with one attached hydrogen (secondary N) is 1. The highest BCUT2D eigenvalue weighted by atomic mass is 35.5. The molecule has 0 aliphatic carbocycles. The molecule has 2 aromatic carbocycles. The number of amides is 2. The van der Waals surface area contributed by atoms with Gasteiger partial charge >= 0.3 is 0 Å². The van der Waals surface area contributed by atoms with Crippen LogP contribution in [0.5, 0.6) is 0 Å². The van der Waals surface area contributed by atoms with Crippen LogP contribution in [0.3, 0.4) is 0 Å². The summed E-state index contributed by atoms with van der Waals surface area (Å²) in [4.78, 5) is 27.1. The largest absolute Gasteiger partial charge is 0.329 e. The van der Waals surface area contributed by atoms with Gasteiger partial charge < -0.3 is 10.2 Å². The van der Waals surface area contributed by atoms with Crippen LogP contribution in [0.1, 0.15) is 28.5 Å². The Morgan fingerprint density at radius 2 is 1.73 bits per heavy atom. The van der Waals surface area contributed by atoms with Gasteiger partial charge in [-0.15, -0.1) is 0 Å². The number of rotatable bonds is 6. The van der Waals surface area contributed by atoms with E-state index in [0.29, 0.717) is 33.5 Å². The summed E-state index contributed by atoms with van der Waals surface area (Å²) >= 11 is 12.2. The normalized spacial score (nSPS) is 10.7. The lowest BCUT2D eigenvalue weighted by Gasteiger charge is -2.20. The Labute approximate surface area is 185 Å². The number of carbonyl (C=O) groups is 2. The average molecular weight is 445 g/mol. The summed E-state index contributed by atoms with van der Waals surface area (Å²) in [7, 11) is 0. The zero-order valence-corrected chi connectivity index (χ0v) is 18.5. The molecule has 0 bridgehead atoms. The third-order valence-electron chi connectivity index (χ3n) is 4.81. The Bertz CT molecular complexity index is 1070. The van der Waals surface area contributed by atoms with Gasteiger partial charge in [-0.3, -0.25) is 9.59 Å². The molecule has 1 aromatic heterocycles. The van der Waals surface area contributed by atoms with Crippen molar-refractivity contribution < 1.29 is 9.59 Å². The van der Waals surface area contributed by atoms with E-state index in [2.05, 4.69) is 10.4 Å². The molecule has 0 fully saturated rings. The summed E-state index contributed by atoms with van der Waals surface area (Å²) in [5.41, 5.74) is 3.44. The van der Waals surface area contributed by atoms with Crippen LogP contribution in [0, 0.1) is 13.8 Å². The maximum atomic E-state index is 13.1. The minimum atomic E-state index is -0.385. The molecule has 0 aliphatic rings. The van der Waals surface area contributed by atoms with Crippen molar-refractivity contribution >= 4 is 40.7 Å². The minimum Gasteiger partial charge on any atom is -0.329 e. The topological polar surface area (TPSA) is 67.2 Å². The molecule has 1 heterocycles. The number of benzene rings is 2. The zero-order valence-electron chi connectivity index (χ0n) is 16.9. The molecule has 0 spiro atoms. The first kappa shape index (κ1) is 21.9. The number of nitrogens with zero attached hydrogens (tertiary/aromatic N) is 3. The molecule has 0 saturated carbocycles. The highest BCUT2D eigenvalue weighted by molar-refractivity contribution is 6.39. The van der Waals surface area contributed by atoms with E-state index in [0.717, 1.165) is 11.3 Å². The van der Waals surface area contributed by atoms with Gasteiger partial charge in [0, 0.05) is 6.54 Å². The standard InChI is InChI=1S/C22H22Cl2N4O2/c1-4-27(13-20(29)26-21-17(23)9-7-10-18(21)24)22(30)16-12-25-28(15(16)3)19-11-6-5-8-14(19)2/h5-12H,4,13H2,1-3H3,(H,26,29). The number of hydrogen-bond donors (Lipinski definition) is 1. The fourth-order valence-electron chi connectivity index (χ4n) is 3.13. The Morgan fingerprint density at radius 3 is 2.37 bits per heavy atom. The lowest BCUT2D eigenvalue weighted by atomic mass is 10.2. The molecule has 3 aromatic rings. The molecule has 1 N–H and O–H groups in total. The smallest absolute Gasteiger partial charge is 0.257 e. The first-order valence-corrected chi connectivity index (χ1v) is 10.2. The number of hydrogen-bond acceptors (Lipinski definition) is 3. The van der Waals surface area contributed by atoms with Crippen molar-refractivity contribution in [3.63, 3.8) is 0 Å². The van der Waals surface area contributed by atoms with Crippen LogP contribution < -0.4 is 5.32 Å². The summed E-state index contributed by atoms with van der Waals surface area (Å²) in [5, 5.41) is 7.74. The SMILES string of the molecule is CCN(CC(=O)Nc1c(Cl)cccc1Cl)C(=O)c1cnn(-c2ccccc2C)c1C. The van der Waals surface area contributed by atoms with Crippen molar-refractivity contribution in [3.05, 3.63) is 75.5 Å². The maximum Gasteiger partial charge on any atom is 0.257 e. The second-order valence-electron chi connectivity index (χ2n) is 6.81. The Balaban J connectivity index is 1.78. The van der Waals surface area contributed by atoms with Gasteiger partial charge in [0.15, 0.2) is 0 Å². The molecule has 0 saturated heterocycles. The fourth-order valence-corrected chi connectivity index (χ4v) is 3.62. The van der Waals surface area contributed by atoms with Gasteiger partial charge in [-0.25, -0.2) is 4.68 Å². The Hall–Kier alpha value is -2.83. The molecule has 30 heavy (non-hydrogen) atoms. The van der Waals surface area contributed by atoms with E-state index >= 15 is 0 Å². The summed E-state index contributed by atoms with van der Waals surface area (Å²) in [6.07, 6.45) is 1.54. The molecule has 0 aliphatic heterocycles. The van der Waals surface area contributed by atoms with Crippen molar-refractivity contribution in [3.8, 4) is 5.69 Å². The lowest BCUT2D eigenvalue weighted by Crippen LogP contribution is -2.38. The molecule has 3 rings (SSSR count). The molecule has 156 valence electrons. The highest BCUT2D eigenvalue weighted by Gasteiger charge is 2.23. The molecular formula is C22H22Cl2N4O2. The zero-order chi connectivity index (χ0) is 21.8. The average Bonchev–Trinajstić information content (AvgIpc) is 3.10. The van der Waals surface area contributed by atoms with E-state index < -0.39 is 0 Å². The van der Waals surface area contributed by atoms with Crippen LogP contribution in [-0.2, 0) is 4.79 Å². The number of halogens is 2. The van der Waals surface area contributed by atoms with Gasteiger partial charge in [-0.05, 0) is 44.5 Å². The maximum absolute atomic E-state index is 13.1. The van der Waals surface area contributed by atoms with E-state index in [9.17, 15) is 9.59 Å². The van der Waals surface area contributed by atoms with Crippen LogP contribution in [0.4, 0.5) is 5.69 Å². The number of anilines is 1. The first-order chi connectivity index (χ1) is 14.3. The number of aryl methyl sites for hydroxylation is 1. The Kier molecular flexibility index (Phi) is 6.80. The van der Waals surface area contributed by atoms with Crippen molar-refractivity contribution in [2.45, 2.75) is 20.8 Å². The fraction of sp³-hybridized carbons (Fsp3) is 0.227. The number of para-hydroxylation sites is 2. The second-order valence-corrected chi connectivity index (χ2v) is 7.62. The molecule has 8 heteroatoms. The van der Waals surface area contributed by atoms with Crippen LogP contribution >= 0.6 is 23.2 Å². The first-order valence-electron chi connectivity index (χ1n) is 9.47. The van der Waals surface area contributed by atoms with Crippen LogP contribution in [0.25, 0.3) is 5.69 Å². The van der Waals surface area contributed by atoms with E-state index in [1.54, 1.807) is 22.9 Å². The van der Waals surface area contributed by atoms with Crippen molar-refractivity contribution in [2.75, 3.05) is 18.4 Å². The molecule has 6 nitrogen and oxygen atoms in total.